The molecule has 2 aromatic carbocycles. The fourth-order valence-corrected chi connectivity index (χ4v) is 21.8. The Morgan fingerprint density at radius 1 is 0.606 bits per heavy atom. The monoisotopic (exact) mass is 1200 g/mol. The Morgan fingerprint density at radius 2 is 1.03 bits per heavy atom. The zero-order valence-corrected chi connectivity index (χ0v) is 48.9. The number of nitrogens with zero attached hydrogens (tertiary/aromatic N) is 2. The van der Waals surface area contributed by atoms with Crippen LogP contribution >= 0.6 is 23.5 Å². The average molecular weight is 1200 g/mol. The number of aliphatic hydroxyl groups excluding tert-OH is 2. The van der Waals surface area contributed by atoms with Gasteiger partial charge in [0, 0.05) is 44.2 Å². The topological polar surface area (TPSA) is 179 Å². The Labute approximate surface area is 435 Å². The maximum atomic E-state index is 13.1. The van der Waals surface area contributed by atoms with Gasteiger partial charge in [-0.2, -0.15) is 0 Å². The maximum Gasteiger partial charge on any atom is 0.167 e. The number of pyridine rings is 2. The van der Waals surface area contributed by atoms with E-state index in [9.17, 15) is 34.2 Å². The minimum Gasteiger partial charge on any atom is -0.512 e. The third kappa shape index (κ3) is 18.0. The van der Waals surface area contributed by atoms with E-state index in [1.54, 1.807) is 23.5 Å². The molecule has 2 N–H and O–H groups in total. The molecule has 15 heteroatoms. The number of allylic oxidation sites excluding steroid dienone is 4. The van der Waals surface area contributed by atoms with E-state index in [0.29, 0.717) is 47.2 Å². The van der Waals surface area contributed by atoms with Crippen molar-refractivity contribution in [3.8, 4) is 0 Å². The summed E-state index contributed by atoms with van der Waals surface area (Å²) >= 11 is -1.76. The van der Waals surface area contributed by atoms with Crippen LogP contribution in [-0.4, -0.2) is 83.7 Å². The van der Waals surface area contributed by atoms with Gasteiger partial charge < -0.3 is 10.2 Å². The number of aryl methyl sites for hydroxylation is 8. The Kier molecular flexibility index (Phi) is 23.5. The quantitative estimate of drug-likeness (QED) is 0.0753. The van der Waals surface area contributed by atoms with Crippen LogP contribution in [-0.2, 0) is 57.7 Å². The van der Waals surface area contributed by atoms with Gasteiger partial charge in [0.05, 0.1) is 21.4 Å². The summed E-state index contributed by atoms with van der Waals surface area (Å²) in [5, 5.41) is 22.3. The number of aliphatic hydroxyl groups is 2. The zero-order chi connectivity index (χ0) is 52.4. The van der Waals surface area contributed by atoms with Crippen molar-refractivity contribution in [3.05, 3.63) is 129 Å². The second-order valence-corrected chi connectivity index (χ2v) is 29.1. The molecule has 4 aromatic rings. The molecule has 6 rings (SSSR count). The van der Waals surface area contributed by atoms with Gasteiger partial charge in [-0.3, -0.25) is 9.59 Å². The van der Waals surface area contributed by atoms with E-state index in [-0.39, 0.29) is 34.9 Å². The van der Waals surface area contributed by atoms with Crippen LogP contribution < -0.4 is 3.12 Å². The zero-order valence-electron chi connectivity index (χ0n) is 43.4. The molecule has 0 fully saturated rings. The number of carbonyl (C=O) groups excluding carboxylic acids is 5. The van der Waals surface area contributed by atoms with Crippen LogP contribution in [0.15, 0.2) is 88.6 Å². The maximum absolute atomic E-state index is 13.1. The molecule has 382 valence electrons. The van der Waals surface area contributed by atoms with Crippen molar-refractivity contribution >= 4 is 84.2 Å². The van der Waals surface area contributed by atoms with Crippen LogP contribution in [0.5, 0.6) is 0 Å². The minimum atomic E-state index is -5.17. The molecule has 2 heterocycles. The van der Waals surface area contributed by atoms with Gasteiger partial charge in [0.25, 0.3) is 0 Å². The number of thioether (sulfide) groups is 2. The molecule has 12 nitrogen and oxygen atoms in total. The summed E-state index contributed by atoms with van der Waals surface area (Å²) in [6.45, 7) is 19.9. The summed E-state index contributed by atoms with van der Waals surface area (Å²) < 4.78 is 17.0. The normalized spacial score (nSPS) is 15.7. The first-order valence-corrected chi connectivity index (χ1v) is 33.2. The van der Waals surface area contributed by atoms with Crippen molar-refractivity contribution < 1.29 is 42.2 Å². The van der Waals surface area contributed by atoms with E-state index >= 15 is 0 Å². The summed E-state index contributed by atoms with van der Waals surface area (Å²) in [5.74, 6) is 1.05. The van der Waals surface area contributed by atoms with E-state index in [1.807, 2.05) is 77.3 Å². The minimum absolute atomic E-state index is 0.0437. The van der Waals surface area contributed by atoms with Crippen molar-refractivity contribution in [1.29, 1.82) is 0 Å². The second kappa shape index (κ2) is 28.4. The SMILES string of the molecule is CCc1cc(C)cc(CC)[c]1[Pb]([O]C(C)=O)([O]C(C)=O)[O]C(C)=O.CCc1cc(C)cc(CC)c1C1=C(O)CC(CCSc2ccc(C)cn2)CC1=O.Cc1ccc(SCCC2CC(=O)C=C(O)C2)nc1. The van der Waals surface area contributed by atoms with Gasteiger partial charge in [0.15, 0.2) is 11.6 Å². The molecule has 2 aromatic heterocycles. The molecular weight excluding hydrogens is 1130 g/mol. The molecule has 2 atom stereocenters. The van der Waals surface area contributed by atoms with Gasteiger partial charge in [-0.05, 0) is 110 Å². The largest absolute Gasteiger partial charge is 0.512 e. The Balaban J connectivity index is 0.000000238. The van der Waals surface area contributed by atoms with Gasteiger partial charge in [-0.25, -0.2) is 9.97 Å². The van der Waals surface area contributed by atoms with Crippen LogP contribution in [0.3, 0.4) is 0 Å². The molecule has 2 aliphatic rings. The van der Waals surface area contributed by atoms with Gasteiger partial charge in [0.1, 0.15) is 5.76 Å². The van der Waals surface area contributed by atoms with Crippen molar-refractivity contribution in [3.63, 3.8) is 0 Å². The number of rotatable bonds is 17. The van der Waals surface area contributed by atoms with Crippen molar-refractivity contribution in [1.82, 2.24) is 9.97 Å². The first-order chi connectivity index (χ1) is 33.7. The summed E-state index contributed by atoms with van der Waals surface area (Å²) in [6.07, 6.45) is 12.2. The van der Waals surface area contributed by atoms with Gasteiger partial charge in [-0.15, -0.1) is 23.5 Å². The van der Waals surface area contributed by atoms with Gasteiger partial charge >= 0.3 is 149 Å². The third-order valence-corrected chi connectivity index (χ3v) is 25.3. The van der Waals surface area contributed by atoms with Crippen molar-refractivity contribution in [2.45, 2.75) is 150 Å². The number of Topliss-reactive ketones (excluding diaryl/α,β-unsaturated/α-hetero) is 1. The molecule has 0 spiro atoms. The van der Waals surface area contributed by atoms with Crippen LogP contribution in [0.1, 0.15) is 137 Å². The first kappa shape index (κ1) is 58.8. The van der Waals surface area contributed by atoms with Crippen molar-refractivity contribution in [2.24, 2.45) is 11.8 Å². The third-order valence-electron chi connectivity index (χ3n) is 12.0. The molecule has 0 aliphatic heterocycles. The van der Waals surface area contributed by atoms with E-state index in [2.05, 4.69) is 48.9 Å². The molecule has 0 saturated carbocycles. The van der Waals surface area contributed by atoms with Crippen LogP contribution in [0, 0.1) is 39.5 Å². The molecule has 0 amide bonds. The smallest absolute Gasteiger partial charge is 0.167 e. The van der Waals surface area contributed by atoms with E-state index in [0.717, 1.165) is 91.7 Å². The van der Waals surface area contributed by atoms with E-state index < -0.39 is 40.4 Å². The van der Waals surface area contributed by atoms with Crippen molar-refractivity contribution in [2.75, 3.05) is 11.5 Å². The Hall–Kier alpha value is -4.81. The summed E-state index contributed by atoms with van der Waals surface area (Å²) in [6, 6.07) is 16.4. The Bertz CT molecular complexity index is 2480. The summed E-state index contributed by atoms with van der Waals surface area (Å²) in [7, 11) is 0. The molecular formula is C56H72N2O10PbS2. The fourth-order valence-electron chi connectivity index (χ4n) is 8.86. The number of benzene rings is 2. The first-order valence-electron chi connectivity index (χ1n) is 24.5. The molecule has 2 unspecified atom stereocenters. The summed E-state index contributed by atoms with van der Waals surface area (Å²) in [4.78, 5) is 68.3. The predicted octanol–water partition coefficient (Wildman–Crippen LogP) is 11.5. The van der Waals surface area contributed by atoms with E-state index in [4.69, 9.17) is 8.06 Å². The number of hydrogen-bond acceptors (Lipinski definition) is 14. The number of hydrogen-bond donors (Lipinski definition) is 2. The van der Waals surface area contributed by atoms with Gasteiger partial charge in [-0.1, -0.05) is 43.7 Å². The second-order valence-electron chi connectivity index (χ2n) is 18.2. The number of ketones is 2. The number of carbonyl (C=O) groups is 5. The number of aromatic nitrogens is 2. The van der Waals surface area contributed by atoms with Crippen LogP contribution in [0.4, 0.5) is 0 Å². The fraction of sp³-hybridized carbons (Fsp3) is 0.446. The van der Waals surface area contributed by atoms with Crippen LogP contribution in [0.2, 0.25) is 0 Å². The molecule has 71 heavy (non-hydrogen) atoms. The summed E-state index contributed by atoms with van der Waals surface area (Å²) in [5.41, 5.74) is 10.2. The molecule has 2 aliphatic carbocycles. The standard InChI is InChI=1S/C25H31NO2S.C14H17NO2S.C11H15.3C2H4O2.Pb/c1-5-19-11-17(4)12-20(6-2)24(19)25-21(27)13-18(14-22(25)28)9-10-29-23-8-7-16(3)15-26-23;1-10-2-3-14(15-9-10)18-5-4-11-6-12(16)8-13(17)7-11;1-4-10-6-9(3)7-11(5-2)8-10;3*1-2(3)4;/h7-8,11-12,15,18,27H,5-6,9-10,13-14H2,1-4H3;2-3,8-9,11,16H,4-7H2,1H3;6-7H,4-5H2,1-3H3;3*1H3,(H,3,4);/q;;;;;;+3/p-3. The molecule has 0 radical (unpaired) electrons. The van der Waals surface area contributed by atoms with E-state index in [1.165, 1.54) is 32.4 Å². The molecule has 0 bridgehead atoms. The Morgan fingerprint density at radius 3 is 1.39 bits per heavy atom. The van der Waals surface area contributed by atoms with Crippen LogP contribution in [0.25, 0.3) is 5.57 Å². The average Bonchev–Trinajstić information content (AvgIpc) is 3.29. The predicted molar refractivity (Wildman–Crippen MR) is 285 cm³/mol. The molecule has 0 saturated heterocycles. The van der Waals surface area contributed by atoms with Gasteiger partial charge in [0.2, 0.25) is 0 Å².